The molecule has 1 aromatic heterocycles. The highest BCUT2D eigenvalue weighted by Crippen LogP contribution is 2.25. The molecule has 0 aliphatic carbocycles. The van der Waals surface area contributed by atoms with E-state index in [4.69, 9.17) is 0 Å². The Morgan fingerprint density at radius 3 is 2.94 bits per heavy atom. The number of hydrogen-bond donors (Lipinski definition) is 2. The summed E-state index contributed by atoms with van der Waals surface area (Å²) in [6, 6.07) is 0. The standard InChI is InChI=1S/C13H21N3OS/c1-9(11-3-5-14-6-4-11)7-12(17)16-13-15-10(2)8-18-13/h8-9,11,14H,3-7H2,1-2H3,(H,15,16,17). The van der Waals surface area contributed by atoms with Crippen LogP contribution < -0.4 is 10.6 Å². The number of rotatable bonds is 4. The number of nitrogens with one attached hydrogen (secondary N) is 2. The summed E-state index contributed by atoms with van der Waals surface area (Å²) in [6.07, 6.45) is 2.97. The van der Waals surface area contributed by atoms with Crippen LogP contribution in [0.3, 0.4) is 0 Å². The Kier molecular flexibility index (Phi) is 4.72. The third-order valence-corrected chi connectivity index (χ3v) is 4.44. The van der Waals surface area contributed by atoms with E-state index in [1.54, 1.807) is 0 Å². The number of carbonyl (C=O) groups is 1. The Morgan fingerprint density at radius 2 is 2.33 bits per heavy atom. The highest BCUT2D eigenvalue weighted by Gasteiger charge is 2.22. The van der Waals surface area contributed by atoms with Gasteiger partial charge in [0.15, 0.2) is 5.13 Å². The molecular formula is C13H21N3OS. The summed E-state index contributed by atoms with van der Waals surface area (Å²) in [5.74, 6) is 1.22. The Morgan fingerprint density at radius 1 is 1.61 bits per heavy atom. The fraction of sp³-hybridized carbons (Fsp3) is 0.692. The minimum atomic E-state index is 0.0929. The Bertz CT molecular complexity index is 399. The predicted molar refractivity (Wildman–Crippen MR) is 74.9 cm³/mol. The number of piperidine rings is 1. The lowest BCUT2D eigenvalue weighted by Crippen LogP contribution is -2.32. The van der Waals surface area contributed by atoms with Crippen molar-refractivity contribution in [3.8, 4) is 0 Å². The summed E-state index contributed by atoms with van der Waals surface area (Å²) >= 11 is 1.49. The van der Waals surface area contributed by atoms with Crippen LogP contribution in [0, 0.1) is 18.8 Å². The molecule has 0 bridgehead atoms. The molecule has 2 heterocycles. The second kappa shape index (κ2) is 6.29. The lowest BCUT2D eigenvalue weighted by molar-refractivity contribution is -0.117. The van der Waals surface area contributed by atoms with Gasteiger partial charge in [-0.25, -0.2) is 4.98 Å². The van der Waals surface area contributed by atoms with Crippen LogP contribution in [0.25, 0.3) is 0 Å². The van der Waals surface area contributed by atoms with E-state index < -0.39 is 0 Å². The third-order valence-electron chi connectivity index (χ3n) is 3.56. The van der Waals surface area contributed by atoms with Gasteiger partial charge in [-0.2, -0.15) is 0 Å². The van der Waals surface area contributed by atoms with Gasteiger partial charge >= 0.3 is 0 Å². The minimum Gasteiger partial charge on any atom is -0.317 e. The molecule has 1 aromatic rings. The number of aryl methyl sites for hydroxylation is 1. The second-order valence-electron chi connectivity index (χ2n) is 5.11. The molecule has 1 amide bonds. The van der Waals surface area contributed by atoms with Crippen molar-refractivity contribution in [2.75, 3.05) is 18.4 Å². The van der Waals surface area contributed by atoms with E-state index in [-0.39, 0.29) is 5.91 Å². The van der Waals surface area contributed by atoms with E-state index >= 15 is 0 Å². The fourth-order valence-electron chi connectivity index (χ4n) is 2.45. The molecule has 2 rings (SSSR count). The van der Waals surface area contributed by atoms with Crippen LogP contribution in [-0.4, -0.2) is 24.0 Å². The maximum Gasteiger partial charge on any atom is 0.226 e. The van der Waals surface area contributed by atoms with Crippen molar-refractivity contribution in [1.29, 1.82) is 0 Å². The van der Waals surface area contributed by atoms with Crippen molar-refractivity contribution in [1.82, 2.24) is 10.3 Å². The predicted octanol–water partition coefficient (Wildman–Crippen LogP) is 2.42. The first-order chi connectivity index (χ1) is 8.65. The SMILES string of the molecule is Cc1csc(NC(=O)CC(C)C2CCNCC2)n1. The van der Waals surface area contributed by atoms with Gasteiger partial charge in [-0.15, -0.1) is 11.3 Å². The lowest BCUT2D eigenvalue weighted by Gasteiger charge is -2.27. The monoisotopic (exact) mass is 267 g/mol. The third kappa shape index (κ3) is 3.78. The van der Waals surface area contributed by atoms with E-state index in [9.17, 15) is 4.79 Å². The van der Waals surface area contributed by atoms with Gasteiger partial charge in [0.05, 0.1) is 5.69 Å². The summed E-state index contributed by atoms with van der Waals surface area (Å²) in [4.78, 5) is 16.2. The first-order valence-electron chi connectivity index (χ1n) is 6.58. The summed E-state index contributed by atoms with van der Waals surface area (Å²) in [7, 11) is 0. The van der Waals surface area contributed by atoms with E-state index in [1.165, 1.54) is 24.2 Å². The Balaban J connectivity index is 1.79. The number of aromatic nitrogens is 1. The van der Waals surface area contributed by atoms with E-state index in [1.807, 2.05) is 12.3 Å². The number of nitrogens with zero attached hydrogens (tertiary/aromatic N) is 1. The average molecular weight is 267 g/mol. The van der Waals surface area contributed by atoms with Crippen LogP contribution in [0.4, 0.5) is 5.13 Å². The summed E-state index contributed by atoms with van der Waals surface area (Å²) < 4.78 is 0. The zero-order valence-electron chi connectivity index (χ0n) is 11.0. The average Bonchev–Trinajstić information content (AvgIpc) is 2.75. The van der Waals surface area contributed by atoms with Gasteiger partial charge in [-0.1, -0.05) is 6.92 Å². The molecule has 1 aliphatic rings. The normalized spacial score (nSPS) is 18.6. The number of carbonyl (C=O) groups excluding carboxylic acids is 1. The molecule has 0 saturated carbocycles. The molecule has 1 aliphatic heterocycles. The zero-order chi connectivity index (χ0) is 13.0. The molecule has 1 atom stereocenters. The largest absolute Gasteiger partial charge is 0.317 e. The van der Waals surface area contributed by atoms with Gasteiger partial charge in [0.25, 0.3) is 0 Å². The van der Waals surface area contributed by atoms with Gasteiger partial charge in [-0.3, -0.25) is 4.79 Å². The molecule has 1 fully saturated rings. The molecule has 100 valence electrons. The first-order valence-corrected chi connectivity index (χ1v) is 7.46. The Hall–Kier alpha value is -0.940. The van der Waals surface area contributed by atoms with Crippen molar-refractivity contribution in [2.45, 2.75) is 33.1 Å². The van der Waals surface area contributed by atoms with Gasteiger partial charge in [0.1, 0.15) is 0 Å². The number of amides is 1. The highest BCUT2D eigenvalue weighted by molar-refractivity contribution is 7.13. The van der Waals surface area contributed by atoms with Gasteiger partial charge in [0, 0.05) is 11.8 Å². The second-order valence-corrected chi connectivity index (χ2v) is 5.97. The summed E-state index contributed by atoms with van der Waals surface area (Å²) in [5.41, 5.74) is 0.960. The van der Waals surface area contributed by atoms with E-state index in [0.29, 0.717) is 18.3 Å². The quantitative estimate of drug-likeness (QED) is 0.881. The van der Waals surface area contributed by atoms with Crippen molar-refractivity contribution in [3.05, 3.63) is 11.1 Å². The molecule has 0 radical (unpaired) electrons. The lowest BCUT2D eigenvalue weighted by atomic mass is 9.84. The minimum absolute atomic E-state index is 0.0929. The van der Waals surface area contributed by atoms with Crippen molar-refractivity contribution in [2.24, 2.45) is 11.8 Å². The van der Waals surface area contributed by atoms with Crippen molar-refractivity contribution in [3.63, 3.8) is 0 Å². The van der Waals surface area contributed by atoms with Gasteiger partial charge < -0.3 is 10.6 Å². The number of hydrogen-bond acceptors (Lipinski definition) is 4. The van der Waals surface area contributed by atoms with Crippen LogP contribution in [-0.2, 0) is 4.79 Å². The van der Waals surface area contributed by atoms with Crippen LogP contribution in [0.2, 0.25) is 0 Å². The molecular weight excluding hydrogens is 246 g/mol. The fourth-order valence-corrected chi connectivity index (χ4v) is 3.16. The maximum absolute atomic E-state index is 11.9. The molecule has 2 N–H and O–H groups in total. The molecule has 4 nitrogen and oxygen atoms in total. The molecule has 0 aromatic carbocycles. The molecule has 1 unspecified atom stereocenters. The van der Waals surface area contributed by atoms with Crippen molar-refractivity contribution >= 4 is 22.4 Å². The molecule has 18 heavy (non-hydrogen) atoms. The highest BCUT2D eigenvalue weighted by atomic mass is 32.1. The van der Waals surface area contributed by atoms with Crippen LogP contribution >= 0.6 is 11.3 Å². The summed E-state index contributed by atoms with van der Waals surface area (Å²) in [6.45, 7) is 6.29. The Labute approximate surface area is 112 Å². The topological polar surface area (TPSA) is 54.0 Å². The first kappa shape index (κ1) is 13.5. The number of anilines is 1. The van der Waals surface area contributed by atoms with Crippen molar-refractivity contribution < 1.29 is 4.79 Å². The zero-order valence-corrected chi connectivity index (χ0v) is 11.8. The summed E-state index contributed by atoms with van der Waals surface area (Å²) in [5, 5.41) is 8.91. The number of thiazole rings is 1. The molecule has 0 spiro atoms. The molecule has 1 saturated heterocycles. The smallest absolute Gasteiger partial charge is 0.226 e. The van der Waals surface area contributed by atoms with Crippen LogP contribution in [0.15, 0.2) is 5.38 Å². The molecule has 5 heteroatoms. The van der Waals surface area contributed by atoms with Gasteiger partial charge in [0.2, 0.25) is 5.91 Å². The van der Waals surface area contributed by atoms with Gasteiger partial charge in [-0.05, 0) is 44.7 Å². The maximum atomic E-state index is 11.9. The van der Waals surface area contributed by atoms with Crippen LogP contribution in [0.1, 0.15) is 31.9 Å². The van der Waals surface area contributed by atoms with E-state index in [0.717, 1.165) is 23.9 Å². The van der Waals surface area contributed by atoms with Crippen LogP contribution in [0.5, 0.6) is 0 Å². The van der Waals surface area contributed by atoms with E-state index in [2.05, 4.69) is 22.5 Å².